The molecule has 0 spiro atoms. The molecule has 1 aliphatic rings. The molecule has 2 aromatic rings. The fraction of sp³-hybridized carbons (Fsp3) is 0.235. The van der Waals surface area contributed by atoms with Crippen molar-refractivity contribution in [1.29, 1.82) is 0 Å². The van der Waals surface area contributed by atoms with Crippen LogP contribution in [0, 0.1) is 0 Å². The molecular formula is C17H17ClN2O. The lowest BCUT2D eigenvalue weighted by Gasteiger charge is -2.23. The zero-order chi connectivity index (χ0) is 14.8. The standard InChI is InChI=1S/C17H17ClN2O/c18-15-11-13(19)8-9-14(15)17(21)20-10-4-3-6-12-5-1-2-7-16(12)20/h1-2,5,7-9,11H,3-4,6,10,19H2. The number of nitrogen functional groups attached to an aromatic ring is 1. The first kappa shape index (κ1) is 14.0. The molecule has 3 rings (SSSR count). The van der Waals surface area contributed by atoms with E-state index in [-0.39, 0.29) is 5.91 Å². The third-order valence-electron chi connectivity index (χ3n) is 3.83. The number of anilines is 2. The molecule has 21 heavy (non-hydrogen) atoms. The molecule has 0 saturated heterocycles. The van der Waals surface area contributed by atoms with Crippen LogP contribution in [0.5, 0.6) is 0 Å². The first-order valence-electron chi connectivity index (χ1n) is 7.11. The molecule has 0 unspecified atom stereocenters. The lowest BCUT2D eigenvalue weighted by molar-refractivity contribution is 0.0987. The number of nitrogens with two attached hydrogens (primary N) is 1. The zero-order valence-corrected chi connectivity index (χ0v) is 12.4. The van der Waals surface area contributed by atoms with Crippen molar-refractivity contribution in [1.82, 2.24) is 0 Å². The van der Waals surface area contributed by atoms with E-state index >= 15 is 0 Å². The monoisotopic (exact) mass is 300 g/mol. The Labute approximate surface area is 129 Å². The first-order valence-corrected chi connectivity index (χ1v) is 7.49. The number of carbonyl (C=O) groups is 1. The Bertz CT molecular complexity index is 684. The SMILES string of the molecule is Nc1ccc(C(=O)N2CCCCc3ccccc32)c(Cl)c1. The van der Waals surface area contributed by atoms with Crippen LogP contribution in [-0.2, 0) is 6.42 Å². The van der Waals surface area contributed by atoms with E-state index in [1.165, 1.54) is 5.56 Å². The Morgan fingerprint density at radius 1 is 1.14 bits per heavy atom. The second kappa shape index (κ2) is 5.78. The maximum atomic E-state index is 12.8. The van der Waals surface area contributed by atoms with Crippen LogP contribution in [0.3, 0.4) is 0 Å². The highest BCUT2D eigenvalue weighted by molar-refractivity contribution is 6.34. The number of fused-ring (bicyclic) bond motifs is 1. The minimum atomic E-state index is -0.0608. The highest BCUT2D eigenvalue weighted by Crippen LogP contribution is 2.29. The molecule has 0 aliphatic carbocycles. The van der Waals surface area contributed by atoms with Crippen LogP contribution >= 0.6 is 11.6 Å². The van der Waals surface area contributed by atoms with Gasteiger partial charge in [-0.2, -0.15) is 0 Å². The van der Waals surface area contributed by atoms with Crippen molar-refractivity contribution < 1.29 is 4.79 Å². The average Bonchev–Trinajstić information content (AvgIpc) is 2.69. The van der Waals surface area contributed by atoms with Crippen molar-refractivity contribution in [2.75, 3.05) is 17.2 Å². The van der Waals surface area contributed by atoms with Gasteiger partial charge in [0.25, 0.3) is 5.91 Å². The topological polar surface area (TPSA) is 46.3 Å². The maximum Gasteiger partial charge on any atom is 0.259 e. The van der Waals surface area contributed by atoms with Gasteiger partial charge in [-0.1, -0.05) is 29.8 Å². The molecule has 2 aromatic carbocycles. The number of aryl methyl sites for hydroxylation is 1. The smallest absolute Gasteiger partial charge is 0.259 e. The molecule has 0 saturated carbocycles. The molecule has 0 radical (unpaired) electrons. The third-order valence-corrected chi connectivity index (χ3v) is 4.14. The van der Waals surface area contributed by atoms with Crippen LogP contribution < -0.4 is 10.6 Å². The predicted octanol–water partition coefficient (Wildman–Crippen LogP) is 3.91. The quantitative estimate of drug-likeness (QED) is 0.812. The summed E-state index contributed by atoms with van der Waals surface area (Å²) in [4.78, 5) is 14.7. The number of hydrogen-bond acceptors (Lipinski definition) is 2. The summed E-state index contributed by atoms with van der Waals surface area (Å²) in [5, 5.41) is 0.404. The van der Waals surface area contributed by atoms with Crippen LogP contribution in [0.2, 0.25) is 5.02 Å². The van der Waals surface area contributed by atoms with E-state index in [0.717, 1.165) is 31.5 Å². The number of rotatable bonds is 1. The molecule has 108 valence electrons. The number of amides is 1. The van der Waals surface area contributed by atoms with Gasteiger partial charge in [-0.05, 0) is 49.1 Å². The van der Waals surface area contributed by atoms with Crippen LogP contribution in [0.25, 0.3) is 0 Å². The normalized spacial score (nSPS) is 14.4. The Hall–Kier alpha value is -2.00. The molecule has 3 nitrogen and oxygen atoms in total. The lowest BCUT2D eigenvalue weighted by atomic mass is 10.1. The molecule has 2 N–H and O–H groups in total. The van der Waals surface area contributed by atoms with Gasteiger partial charge in [-0.15, -0.1) is 0 Å². The van der Waals surface area contributed by atoms with Crippen LogP contribution in [0.15, 0.2) is 42.5 Å². The summed E-state index contributed by atoms with van der Waals surface area (Å²) < 4.78 is 0. The fourth-order valence-electron chi connectivity index (χ4n) is 2.75. The van der Waals surface area contributed by atoms with E-state index in [4.69, 9.17) is 17.3 Å². The number of carbonyl (C=O) groups excluding carboxylic acids is 1. The van der Waals surface area contributed by atoms with Crippen molar-refractivity contribution in [2.24, 2.45) is 0 Å². The molecule has 1 amide bonds. The number of benzene rings is 2. The van der Waals surface area contributed by atoms with Gasteiger partial charge in [-0.25, -0.2) is 0 Å². The number of halogens is 1. The summed E-state index contributed by atoms with van der Waals surface area (Å²) in [6, 6.07) is 13.1. The molecule has 0 aromatic heterocycles. The van der Waals surface area contributed by atoms with E-state index < -0.39 is 0 Å². The van der Waals surface area contributed by atoms with Gasteiger partial charge in [0.15, 0.2) is 0 Å². The number of para-hydroxylation sites is 1. The highest BCUT2D eigenvalue weighted by Gasteiger charge is 2.23. The van der Waals surface area contributed by atoms with E-state index in [2.05, 4.69) is 6.07 Å². The Balaban J connectivity index is 2.01. The summed E-state index contributed by atoms with van der Waals surface area (Å²) in [7, 11) is 0. The number of hydrogen-bond donors (Lipinski definition) is 1. The fourth-order valence-corrected chi connectivity index (χ4v) is 3.02. The zero-order valence-electron chi connectivity index (χ0n) is 11.7. The summed E-state index contributed by atoms with van der Waals surface area (Å²) >= 11 is 6.18. The van der Waals surface area contributed by atoms with Crippen molar-refractivity contribution in [3.8, 4) is 0 Å². The van der Waals surface area contributed by atoms with Gasteiger partial charge in [-0.3, -0.25) is 4.79 Å². The van der Waals surface area contributed by atoms with E-state index in [1.54, 1.807) is 18.2 Å². The van der Waals surface area contributed by atoms with Crippen molar-refractivity contribution >= 4 is 28.9 Å². The predicted molar refractivity (Wildman–Crippen MR) is 86.9 cm³/mol. The Kier molecular flexibility index (Phi) is 3.84. The van der Waals surface area contributed by atoms with E-state index in [0.29, 0.717) is 16.3 Å². The molecule has 4 heteroatoms. The van der Waals surface area contributed by atoms with Crippen LogP contribution in [0.1, 0.15) is 28.8 Å². The first-order chi connectivity index (χ1) is 10.2. The van der Waals surface area contributed by atoms with Crippen LogP contribution in [-0.4, -0.2) is 12.5 Å². The second-order valence-corrected chi connectivity index (χ2v) is 5.69. The lowest BCUT2D eigenvalue weighted by Crippen LogP contribution is -2.32. The maximum absolute atomic E-state index is 12.8. The number of nitrogens with zero attached hydrogens (tertiary/aromatic N) is 1. The molecule has 0 atom stereocenters. The van der Waals surface area contributed by atoms with Gasteiger partial charge in [0.2, 0.25) is 0 Å². The second-order valence-electron chi connectivity index (χ2n) is 5.28. The average molecular weight is 301 g/mol. The van der Waals surface area contributed by atoms with Crippen molar-refractivity contribution in [3.05, 3.63) is 58.6 Å². The summed E-state index contributed by atoms with van der Waals surface area (Å²) in [5.74, 6) is -0.0608. The molecular weight excluding hydrogens is 284 g/mol. The largest absolute Gasteiger partial charge is 0.399 e. The summed E-state index contributed by atoms with van der Waals surface area (Å²) in [6.45, 7) is 0.719. The Morgan fingerprint density at radius 3 is 2.76 bits per heavy atom. The minimum absolute atomic E-state index is 0.0608. The van der Waals surface area contributed by atoms with E-state index in [9.17, 15) is 4.79 Å². The highest BCUT2D eigenvalue weighted by atomic mass is 35.5. The third kappa shape index (κ3) is 2.74. The van der Waals surface area contributed by atoms with Crippen molar-refractivity contribution in [2.45, 2.75) is 19.3 Å². The van der Waals surface area contributed by atoms with Crippen LogP contribution in [0.4, 0.5) is 11.4 Å². The minimum Gasteiger partial charge on any atom is -0.399 e. The van der Waals surface area contributed by atoms with Gasteiger partial charge < -0.3 is 10.6 Å². The van der Waals surface area contributed by atoms with Gasteiger partial charge >= 0.3 is 0 Å². The summed E-state index contributed by atoms with van der Waals surface area (Å²) in [5.41, 5.74) is 8.97. The molecule has 1 heterocycles. The van der Waals surface area contributed by atoms with Gasteiger partial charge in [0, 0.05) is 17.9 Å². The Morgan fingerprint density at radius 2 is 1.95 bits per heavy atom. The molecule has 0 fully saturated rings. The van der Waals surface area contributed by atoms with Gasteiger partial charge in [0.05, 0.1) is 10.6 Å². The van der Waals surface area contributed by atoms with E-state index in [1.807, 2.05) is 23.1 Å². The van der Waals surface area contributed by atoms with Gasteiger partial charge in [0.1, 0.15) is 0 Å². The van der Waals surface area contributed by atoms with Crippen molar-refractivity contribution in [3.63, 3.8) is 0 Å². The summed E-state index contributed by atoms with van der Waals surface area (Å²) in [6.07, 6.45) is 3.10. The molecule has 0 bridgehead atoms. The molecule has 1 aliphatic heterocycles.